The normalized spacial score (nSPS) is 15.5. The SMILES string of the molecule is Cc1cc(C)c(C)c(S(=O)(=O)N2CCC(C(=O)Nc3ccc(C#N)c(Cl)c3)CC2)c1C. The molecule has 31 heavy (non-hydrogen) atoms. The summed E-state index contributed by atoms with van der Waals surface area (Å²) in [6, 6.07) is 8.72. The maximum absolute atomic E-state index is 13.4. The maximum Gasteiger partial charge on any atom is 0.243 e. The Labute approximate surface area is 188 Å². The minimum Gasteiger partial charge on any atom is -0.326 e. The number of aryl methyl sites for hydroxylation is 2. The van der Waals surface area contributed by atoms with Crippen LogP contribution >= 0.6 is 11.6 Å². The van der Waals surface area contributed by atoms with Crippen LogP contribution in [0.15, 0.2) is 29.2 Å². The van der Waals surface area contributed by atoms with E-state index >= 15 is 0 Å². The smallest absolute Gasteiger partial charge is 0.243 e. The Bertz CT molecular complexity index is 1150. The van der Waals surface area contributed by atoms with Crippen molar-refractivity contribution in [3.8, 4) is 6.07 Å². The molecule has 2 aromatic rings. The Hall–Kier alpha value is -2.40. The first-order chi connectivity index (χ1) is 14.6. The van der Waals surface area contributed by atoms with E-state index in [-0.39, 0.29) is 16.8 Å². The van der Waals surface area contributed by atoms with Gasteiger partial charge in [0.05, 0.1) is 15.5 Å². The van der Waals surface area contributed by atoms with Crippen molar-refractivity contribution in [2.75, 3.05) is 18.4 Å². The second-order valence-electron chi connectivity index (χ2n) is 8.06. The fourth-order valence-electron chi connectivity index (χ4n) is 3.98. The van der Waals surface area contributed by atoms with E-state index in [0.717, 1.165) is 22.3 Å². The summed E-state index contributed by atoms with van der Waals surface area (Å²) in [4.78, 5) is 13.1. The molecule has 8 heteroatoms. The Morgan fingerprint density at radius 2 is 1.68 bits per heavy atom. The van der Waals surface area contributed by atoms with Gasteiger partial charge in [-0.15, -0.1) is 0 Å². The van der Waals surface area contributed by atoms with E-state index in [9.17, 15) is 13.2 Å². The lowest BCUT2D eigenvalue weighted by molar-refractivity contribution is -0.120. The van der Waals surface area contributed by atoms with Crippen molar-refractivity contribution in [2.24, 2.45) is 5.92 Å². The van der Waals surface area contributed by atoms with E-state index in [4.69, 9.17) is 16.9 Å². The Balaban J connectivity index is 1.71. The van der Waals surface area contributed by atoms with Gasteiger partial charge in [-0.3, -0.25) is 4.79 Å². The van der Waals surface area contributed by atoms with Crippen molar-refractivity contribution in [3.05, 3.63) is 57.1 Å². The summed E-state index contributed by atoms with van der Waals surface area (Å²) >= 11 is 6.03. The maximum atomic E-state index is 13.4. The summed E-state index contributed by atoms with van der Waals surface area (Å²) < 4.78 is 28.3. The molecule has 1 saturated heterocycles. The van der Waals surface area contributed by atoms with Crippen LogP contribution in [0.3, 0.4) is 0 Å². The van der Waals surface area contributed by atoms with Crippen LogP contribution in [0.4, 0.5) is 5.69 Å². The molecular weight excluding hydrogens is 434 g/mol. The molecule has 164 valence electrons. The molecule has 0 aliphatic carbocycles. The van der Waals surface area contributed by atoms with Gasteiger partial charge >= 0.3 is 0 Å². The second kappa shape index (κ2) is 8.99. The summed E-state index contributed by atoms with van der Waals surface area (Å²) in [5.41, 5.74) is 4.33. The van der Waals surface area contributed by atoms with Crippen LogP contribution in [0.1, 0.15) is 40.7 Å². The molecular formula is C23H26ClN3O3S. The average Bonchev–Trinajstić information content (AvgIpc) is 2.72. The van der Waals surface area contributed by atoms with E-state index in [0.29, 0.717) is 42.1 Å². The summed E-state index contributed by atoms with van der Waals surface area (Å²) in [6.45, 7) is 8.12. The van der Waals surface area contributed by atoms with Crippen LogP contribution in [0.5, 0.6) is 0 Å². The highest BCUT2D eigenvalue weighted by Gasteiger charge is 2.34. The standard InChI is InChI=1S/C23H26ClN3O3S/c1-14-11-15(2)17(4)22(16(14)3)31(29,30)27-9-7-18(8-10-27)23(28)26-20-6-5-19(13-25)21(24)12-20/h5-6,11-12,18H,7-10H2,1-4H3,(H,26,28). The third kappa shape index (κ3) is 4.62. The van der Waals surface area contributed by atoms with Gasteiger partial charge in [-0.1, -0.05) is 17.7 Å². The molecule has 0 atom stereocenters. The van der Waals surface area contributed by atoms with Gasteiger partial charge in [0, 0.05) is 24.7 Å². The van der Waals surface area contributed by atoms with Gasteiger partial charge in [0.25, 0.3) is 0 Å². The fraction of sp³-hybridized carbons (Fsp3) is 0.391. The van der Waals surface area contributed by atoms with Crippen molar-refractivity contribution >= 4 is 33.2 Å². The number of amides is 1. The minimum absolute atomic E-state index is 0.170. The molecule has 0 aromatic heterocycles. The number of hydrogen-bond donors (Lipinski definition) is 1. The monoisotopic (exact) mass is 459 g/mol. The lowest BCUT2D eigenvalue weighted by atomic mass is 9.97. The van der Waals surface area contributed by atoms with Crippen molar-refractivity contribution in [2.45, 2.75) is 45.4 Å². The molecule has 0 spiro atoms. The van der Waals surface area contributed by atoms with Gasteiger partial charge < -0.3 is 5.32 Å². The predicted octanol–water partition coefficient (Wildman–Crippen LogP) is 4.48. The molecule has 6 nitrogen and oxygen atoms in total. The largest absolute Gasteiger partial charge is 0.326 e. The zero-order valence-corrected chi connectivity index (χ0v) is 19.7. The van der Waals surface area contributed by atoms with Crippen molar-refractivity contribution in [1.82, 2.24) is 4.31 Å². The molecule has 1 amide bonds. The van der Waals surface area contributed by atoms with Gasteiger partial charge in [0.1, 0.15) is 6.07 Å². The van der Waals surface area contributed by atoms with Gasteiger partial charge in [-0.05, 0) is 81.0 Å². The first-order valence-electron chi connectivity index (χ1n) is 10.1. The lowest BCUT2D eigenvalue weighted by Gasteiger charge is -2.31. The Morgan fingerprint density at radius 3 is 2.19 bits per heavy atom. The molecule has 0 bridgehead atoms. The van der Waals surface area contributed by atoms with Crippen LogP contribution < -0.4 is 5.32 Å². The second-order valence-corrected chi connectivity index (χ2v) is 10.3. The quantitative estimate of drug-likeness (QED) is 0.729. The highest BCUT2D eigenvalue weighted by Crippen LogP contribution is 2.31. The summed E-state index contributed by atoms with van der Waals surface area (Å²) in [6.07, 6.45) is 0.885. The molecule has 0 radical (unpaired) electrons. The van der Waals surface area contributed by atoms with Gasteiger partial charge in [-0.2, -0.15) is 9.57 Å². The van der Waals surface area contributed by atoms with Crippen molar-refractivity contribution in [3.63, 3.8) is 0 Å². The molecule has 1 aliphatic heterocycles. The fourth-order valence-corrected chi connectivity index (χ4v) is 6.25. The number of nitriles is 1. The van der Waals surface area contributed by atoms with Crippen LogP contribution in [0.25, 0.3) is 0 Å². The average molecular weight is 460 g/mol. The first-order valence-corrected chi connectivity index (χ1v) is 12.0. The van der Waals surface area contributed by atoms with Gasteiger partial charge in [0.15, 0.2) is 0 Å². The predicted molar refractivity (Wildman–Crippen MR) is 122 cm³/mol. The van der Waals surface area contributed by atoms with Crippen LogP contribution in [-0.4, -0.2) is 31.7 Å². The van der Waals surface area contributed by atoms with Crippen molar-refractivity contribution in [1.29, 1.82) is 5.26 Å². The molecule has 3 rings (SSSR count). The third-order valence-electron chi connectivity index (χ3n) is 6.08. The number of anilines is 1. The number of rotatable bonds is 4. The molecule has 1 heterocycles. The minimum atomic E-state index is -3.64. The summed E-state index contributed by atoms with van der Waals surface area (Å²) in [7, 11) is -3.64. The zero-order valence-electron chi connectivity index (χ0n) is 18.1. The first kappa shape index (κ1) is 23.3. The number of nitrogens with zero attached hydrogens (tertiary/aromatic N) is 2. The summed E-state index contributed by atoms with van der Waals surface area (Å²) in [5, 5.41) is 12.1. The van der Waals surface area contributed by atoms with Crippen LogP contribution in [0.2, 0.25) is 5.02 Å². The molecule has 1 fully saturated rings. The number of nitrogens with one attached hydrogen (secondary N) is 1. The Morgan fingerprint density at radius 1 is 1.10 bits per heavy atom. The summed E-state index contributed by atoms with van der Waals surface area (Å²) in [5.74, 6) is -0.459. The molecule has 1 N–H and O–H groups in total. The van der Waals surface area contributed by atoms with E-state index in [1.54, 1.807) is 18.2 Å². The number of hydrogen-bond acceptors (Lipinski definition) is 4. The third-order valence-corrected chi connectivity index (χ3v) is 8.56. The Kier molecular flexibility index (Phi) is 6.75. The highest BCUT2D eigenvalue weighted by molar-refractivity contribution is 7.89. The van der Waals surface area contributed by atoms with Gasteiger partial charge in [-0.25, -0.2) is 8.42 Å². The molecule has 0 saturated carbocycles. The topological polar surface area (TPSA) is 90.3 Å². The molecule has 0 unspecified atom stereocenters. The van der Waals surface area contributed by atoms with Crippen LogP contribution in [-0.2, 0) is 14.8 Å². The van der Waals surface area contributed by atoms with Gasteiger partial charge in [0.2, 0.25) is 15.9 Å². The molecule has 1 aliphatic rings. The lowest BCUT2D eigenvalue weighted by Crippen LogP contribution is -2.41. The van der Waals surface area contributed by atoms with Crippen LogP contribution in [0, 0.1) is 44.9 Å². The van der Waals surface area contributed by atoms with Crippen molar-refractivity contribution < 1.29 is 13.2 Å². The number of benzene rings is 2. The molecule has 2 aromatic carbocycles. The number of halogens is 1. The number of sulfonamides is 1. The highest BCUT2D eigenvalue weighted by atomic mass is 35.5. The number of piperidine rings is 1. The zero-order chi connectivity index (χ0) is 22.9. The van der Waals surface area contributed by atoms with E-state index < -0.39 is 10.0 Å². The van der Waals surface area contributed by atoms with E-state index in [1.807, 2.05) is 39.8 Å². The van der Waals surface area contributed by atoms with E-state index in [2.05, 4.69) is 5.32 Å². The number of carbonyl (C=O) groups is 1. The number of carbonyl (C=O) groups excluding carboxylic acids is 1. The van der Waals surface area contributed by atoms with E-state index in [1.165, 1.54) is 4.31 Å².